The number of para-hydroxylation sites is 2. The van der Waals surface area contributed by atoms with E-state index in [4.69, 9.17) is 18.9 Å². The van der Waals surface area contributed by atoms with Crippen LogP contribution in [-0.2, 0) is 14.3 Å². The van der Waals surface area contributed by atoms with E-state index in [0.29, 0.717) is 17.1 Å². The van der Waals surface area contributed by atoms with E-state index >= 15 is 0 Å². The number of hydrogen-bond donors (Lipinski definition) is 1. The number of ether oxygens (including phenoxy) is 4. The van der Waals surface area contributed by atoms with E-state index < -0.39 is 23.9 Å². The highest BCUT2D eigenvalue weighted by molar-refractivity contribution is 7.18. The molecule has 2 aromatic rings. The van der Waals surface area contributed by atoms with Crippen LogP contribution in [0.5, 0.6) is 11.5 Å². The second kappa shape index (κ2) is 10.6. The molecule has 1 amide bonds. The second-order valence-electron chi connectivity index (χ2n) is 6.10. The summed E-state index contributed by atoms with van der Waals surface area (Å²) in [5, 5.41) is 2.87. The van der Waals surface area contributed by atoms with E-state index in [-0.39, 0.29) is 28.7 Å². The maximum Gasteiger partial charge on any atom is 0.348 e. The van der Waals surface area contributed by atoms with Crippen LogP contribution in [0.3, 0.4) is 0 Å². The predicted molar refractivity (Wildman–Crippen MR) is 113 cm³/mol. The first-order valence-electron chi connectivity index (χ1n) is 9.42. The molecule has 0 saturated heterocycles. The molecule has 1 aromatic carbocycles. The summed E-state index contributed by atoms with van der Waals surface area (Å²) in [4.78, 5) is 37.6. The van der Waals surface area contributed by atoms with Crippen molar-refractivity contribution in [2.75, 3.05) is 25.6 Å². The smallest absolute Gasteiger partial charge is 0.348 e. The lowest BCUT2D eigenvalue weighted by atomic mass is 10.1. The number of nitrogens with one attached hydrogen (secondary N) is 1. The van der Waals surface area contributed by atoms with Gasteiger partial charge in [-0.15, -0.1) is 11.3 Å². The number of hydrogen-bond acceptors (Lipinski definition) is 8. The van der Waals surface area contributed by atoms with Crippen LogP contribution >= 0.6 is 11.3 Å². The van der Waals surface area contributed by atoms with Gasteiger partial charge in [-0.3, -0.25) is 4.79 Å². The Morgan fingerprint density at radius 2 is 1.63 bits per heavy atom. The van der Waals surface area contributed by atoms with E-state index in [0.717, 1.165) is 11.3 Å². The molecule has 0 aliphatic carbocycles. The zero-order valence-corrected chi connectivity index (χ0v) is 18.4. The van der Waals surface area contributed by atoms with Crippen molar-refractivity contribution in [2.45, 2.75) is 33.8 Å². The zero-order valence-electron chi connectivity index (χ0n) is 17.6. The highest BCUT2D eigenvalue weighted by Gasteiger charge is 2.28. The monoisotopic (exact) mass is 435 g/mol. The highest BCUT2D eigenvalue weighted by atomic mass is 32.1. The first-order valence-corrected chi connectivity index (χ1v) is 10.2. The van der Waals surface area contributed by atoms with Crippen LogP contribution in [0.4, 0.5) is 5.00 Å². The van der Waals surface area contributed by atoms with Crippen molar-refractivity contribution >= 4 is 34.2 Å². The van der Waals surface area contributed by atoms with Crippen molar-refractivity contribution in [3.63, 3.8) is 0 Å². The molecule has 2 rings (SSSR count). The van der Waals surface area contributed by atoms with E-state index in [1.165, 1.54) is 7.11 Å². The SMILES string of the molecule is CCOC(=O)c1sc(NC(=O)[C@H](C)Oc2ccccc2OC)c(C(=O)OCC)c1C. The molecule has 0 bridgehead atoms. The Morgan fingerprint density at radius 3 is 2.23 bits per heavy atom. The summed E-state index contributed by atoms with van der Waals surface area (Å²) in [5.41, 5.74) is 0.522. The summed E-state index contributed by atoms with van der Waals surface area (Å²) < 4.78 is 21.1. The normalized spacial score (nSPS) is 11.4. The molecule has 1 aromatic heterocycles. The number of anilines is 1. The van der Waals surface area contributed by atoms with Gasteiger partial charge in [0.1, 0.15) is 9.88 Å². The Hall–Kier alpha value is -3.07. The van der Waals surface area contributed by atoms with Crippen molar-refractivity contribution in [3.05, 3.63) is 40.3 Å². The van der Waals surface area contributed by atoms with E-state index in [2.05, 4.69) is 5.32 Å². The topological polar surface area (TPSA) is 100 Å². The van der Waals surface area contributed by atoms with E-state index in [9.17, 15) is 14.4 Å². The quantitative estimate of drug-likeness (QED) is 0.598. The lowest BCUT2D eigenvalue weighted by molar-refractivity contribution is -0.122. The van der Waals surface area contributed by atoms with Crippen LogP contribution in [0.25, 0.3) is 0 Å². The van der Waals surface area contributed by atoms with Crippen molar-refractivity contribution in [2.24, 2.45) is 0 Å². The number of thiophene rings is 1. The fourth-order valence-electron chi connectivity index (χ4n) is 2.62. The Bertz CT molecular complexity index is 922. The fourth-order valence-corrected chi connectivity index (χ4v) is 3.71. The molecule has 1 atom stereocenters. The maximum absolute atomic E-state index is 12.7. The molecule has 0 unspecified atom stereocenters. The van der Waals surface area contributed by atoms with Gasteiger partial charge in [0.25, 0.3) is 5.91 Å². The first-order chi connectivity index (χ1) is 14.3. The van der Waals surface area contributed by atoms with Gasteiger partial charge in [0.05, 0.1) is 25.9 Å². The molecule has 8 nitrogen and oxygen atoms in total. The molecule has 0 fully saturated rings. The Kier molecular flexibility index (Phi) is 8.23. The number of amides is 1. The third-order valence-electron chi connectivity index (χ3n) is 4.07. The fraction of sp³-hybridized carbons (Fsp3) is 0.381. The van der Waals surface area contributed by atoms with Crippen LogP contribution < -0.4 is 14.8 Å². The molecule has 0 radical (unpaired) electrons. The second-order valence-corrected chi connectivity index (χ2v) is 7.12. The maximum atomic E-state index is 12.7. The molecule has 1 heterocycles. The first kappa shape index (κ1) is 23.2. The van der Waals surface area contributed by atoms with Crippen LogP contribution in [0.15, 0.2) is 24.3 Å². The van der Waals surface area contributed by atoms with Crippen LogP contribution in [0.2, 0.25) is 0 Å². The lowest BCUT2D eigenvalue weighted by Crippen LogP contribution is -2.30. The summed E-state index contributed by atoms with van der Waals surface area (Å²) in [7, 11) is 1.50. The molecule has 30 heavy (non-hydrogen) atoms. The summed E-state index contributed by atoms with van der Waals surface area (Å²) in [6, 6.07) is 6.94. The van der Waals surface area contributed by atoms with E-state index in [1.807, 2.05) is 0 Å². The van der Waals surface area contributed by atoms with Gasteiger partial charge in [-0.1, -0.05) is 12.1 Å². The number of benzene rings is 1. The van der Waals surface area contributed by atoms with Gasteiger partial charge in [0.15, 0.2) is 17.6 Å². The molecule has 0 spiro atoms. The molecular formula is C21H25NO7S. The van der Waals surface area contributed by atoms with Crippen LogP contribution in [0.1, 0.15) is 46.4 Å². The van der Waals surface area contributed by atoms with Gasteiger partial charge in [-0.05, 0) is 45.4 Å². The van der Waals surface area contributed by atoms with Gasteiger partial charge in [0, 0.05) is 0 Å². The average Bonchev–Trinajstić information content (AvgIpc) is 3.04. The predicted octanol–water partition coefficient (Wildman–Crippen LogP) is 3.82. The summed E-state index contributed by atoms with van der Waals surface area (Å²) in [6.45, 7) is 6.89. The minimum Gasteiger partial charge on any atom is -0.493 e. The third kappa shape index (κ3) is 5.29. The molecule has 0 aliphatic heterocycles. The summed E-state index contributed by atoms with van der Waals surface area (Å²) in [6.07, 6.45) is -0.898. The number of esters is 2. The molecule has 162 valence electrons. The number of methoxy groups -OCH3 is 1. The summed E-state index contributed by atoms with van der Waals surface area (Å²) >= 11 is 0.960. The molecule has 9 heteroatoms. The number of carbonyl (C=O) groups is 3. The van der Waals surface area contributed by atoms with Crippen LogP contribution in [-0.4, -0.2) is 44.3 Å². The third-order valence-corrected chi connectivity index (χ3v) is 5.25. The number of carbonyl (C=O) groups excluding carboxylic acids is 3. The minimum atomic E-state index is -0.898. The molecule has 0 saturated carbocycles. The highest BCUT2D eigenvalue weighted by Crippen LogP contribution is 2.35. The molecular weight excluding hydrogens is 410 g/mol. The molecule has 1 N–H and O–H groups in total. The largest absolute Gasteiger partial charge is 0.493 e. The van der Waals surface area contributed by atoms with Gasteiger partial charge in [-0.2, -0.15) is 0 Å². The Balaban J connectivity index is 2.28. The average molecular weight is 435 g/mol. The van der Waals surface area contributed by atoms with Crippen molar-refractivity contribution in [1.82, 2.24) is 0 Å². The van der Waals surface area contributed by atoms with Crippen molar-refractivity contribution < 1.29 is 33.3 Å². The molecule has 0 aliphatic rings. The van der Waals surface area contributed by atoms with Gasteiger partial charge in [0.2, 0.25) is 0 Å². The van der Waals surface area contributed by atoms with Gasteiger partial charge in [-0.25, -0.2) is 9.59 Å². The lowest BCUT2D eigenvalue weighted by Gasteiger charge is -2.16. The number of rotatable bonds is 9. The van der Waals surface area contributed by atoms with E-state index in [1.54, 1.807) is 52.0 Å². The van der Waals surface area contributed by atoms with Gasteiger partial charge >= 0.3 is 11.9 Å². The summed E-state index contributed by atoms with van der Waals surface area (Å²) in [5.74, 6) is -0.799. The van der Waals surface area contributed by atoms with Crippen molar-refractivity contribution in [1.29, 1.82) is 0 Å². The standard InChI is InChI=1S/C21H25NO7S/c1-6-27-20(24)16-12(3)17(21(25)28-7-2)30-19(16)22-18(23)13(4)29-15-11-9-8-10-14(15)26-5/h8-11,13H,6-7H2,1-5H3,(H,22,23)/t13-/m0/s1. The zero-order chi connectivity index (χ0) is 22.3. The Labute approximate surface area is 179 Å². The Morgan fingerprint density at radius 1 is 1.03 bits per heavy atom. The van der Waals surface area contributed by atoms with Crippen molar-refractivity contribution in [3.8, 4) is 11.5 Å². The minimum absolute atomic E-state index is 0.128. The van der Waals surface area contributed by atoms with Crippen LogP contribution in [0, 0.1) is 6.92 Å². The van der Waals surface area contributed by atoms with Gasteiger partial charge < -0.3 is 24.3 Å².